The number of rotatable bonds is 9. The molecule has 0 amide bonds. The van der Waals surface area contributed by atoms with E-state index in [-0.39, 0.29) is 5.82 Å². The fraction of sp³-hybridized carbons (Fsp3) is 0.556. The van der Waals surface area contributed by atoms with Crippen molar-refractivity contribution in [3.8, 4) is 11.4 Å². The van der Waals surface area contributed by atoms with Gasteiger partial charge in [0.25, 0.3) is 0 Å². The van der Waals surface area contributed by atoms with Gasteiger partial charge >= 0.3 is 6.18 Å². The third-order valence-corrected chi connectivity index (χ3v) is 4.95. The second-order valence-electron chi connectivity index (χ2n) is 6.30. The van der Waals surface area contributed by atoms with Crippen molar-refractivity contribution in [1.82, 2.24) is 15.0 Å². The summed E-state index contributed by atoms with van der Waals surface area (Å²) >= 11 is 1.84. The molecule has 144 valence electrons. The van der Waals surface area contributed by atoms with Crippen LogP contribution in [0.25, 0.3) is 11.4 Å². The van der Waals surface area contributed by atoms with Gasteiger partial charge < -0.3 is 9.42 Å². The molecule has 2 rings (SSSR count). The van der Waals surface area contributed by atoms with Crippen molar-refractivity contribution in [3.63, 3.8) is 0 Å². The van der Waals surface area contributed by atoms with Gasteiger partial charge in [0.05, 0.1) is 5.56 Å². The van der Waals surface area contributed by atoms with Gasteiger partial charge in [-0.2, -0.15) is 29.9 Å². The Morgan fingerprint density at radius 3 is 2.77 bits per heavy atom. The van der Waals surface area contributed by atoms with Crippen LogP contribution in [0.4, 0.5) is 13.2 Å². The highest BCUT2D eigenvalue weighted by Gasteiger charge is 2.30. The quantitative estimate of drug-likeness (QED) is 0.620. The van der Waals surface area contributed by atoms with Crippen molar-refractivity contribution in [2.24, 2.45) is 0 Å². The molecule has 0 saturated heterocycles. The average Bonchev–Trinajstić information content (AvgIpc) is 3.08. The second kappa shape index (κ2) is 9.41. The first-order chi connectivity index (χ1) is 12.3. The Bertz CT molecular complexity index is 690. The van der Waals surface area contributed by atoms with E-state index in [0.717, 1.165) is 37.3 Å². The third-order valence-electron chi connectivity index (χ3n) is 4.31. The molecule has 0 fully saturated rings. The molecular formula is C18H24F3N3OS. The Balaban J connectivity index is 1.90. The zero-order chi connectivity index (χ0) is 19.2. The van der Waals surface area contributed by atoms with Gasteiger partial charge in [0.15, 0.2) is 0 Å². The van der Waals surface area contributed by atoms with Crippen molar-refractivity contribution >= 4 is 11.8 Å². The first-order valence-electron chi connectivity index (χ1n) is 8.50. The van der Waals surface area contributed by atoms with Crippen molar-refractivity contribution in [2.75, 3.05) is 25.6 Å². The van der Waals surface area contributed by atoms with E-state index in [1.807, 2.05) is 11.8 Å². The van der Waals surface area contributed by atoms with Crippen molar-refractivity contribution < 1.29 is 17.7 Å². The van der Waals surface area contributed by atoms with E-state index in [4.69, 9.17) is 4.52 Å². The minimum atomic E-state index is -4.39. The molecule has 26 heavy (non-hydrogen) atoms. The van der Waals surface area contributed by atoms with Crippen molar-refractivity contribution in [2.45, 2.75) is 38.4 Å². The van der Waals surface area contributed by atoms with Crippen LogP contribution < -0.4 is 0 Å². The molecule has 0 radical (unpaired) electrons. The van der Waals surface area contributed by atoms with Crippen LogP contribution in [0.3, 0.4) is 0 Å². The van der Waals surface area contributed by atoms with E-state index >= 15 is 0 Å². The molecule has 1 atom stereocenters. The summed E-state index contributed by atoms with van der Waals surface area (Å²) in [5, 5.41) is 3.81. The van der Waals surface area contributed by atoms with Gasteiger partial charge in [-0.1, -0.05) is 17.3 Å². The maximum absolute atomic E-state index is 12.8. The Kier molecular flexibility index (Phi) is 7.52. The summed E-state index contributed by atoms with van der Waals surface area (Å²) in [7, 11) is 2.09. The lowest BCUT2D eigenvalue weighted by molar-refractivity contribution is -0.137. The fourth-order valence-electron chi connectivity index (χ4n) is 2.52. The Labute approximate surface area is 156 Å². The number of hydrogen-bond acceptors (Lipinski definition) is 5. The summed E-state index contributed by atoms with van der Waals surface area (Å²) < 4.78 is 43.6. The maximum Gasteiger partial charge on any atom is 0.416 e. The lowest BCUT2D eigenvalue weighted by Crippen LogP contribution is -2.30. The number of nitrogens with zero attached hydrogens (tertiary/aromatic N) is 3. The van der Waals surface area contributed by atoms with Crippen LogP contribution in [-0.2, 0) is 12.6 Å². The molecule has 0 bridgehead atoms. The van der Waals surface area contributed by atoms with E-state index < -0.39 is 11.7 Å². The minimum Gasteiger partial charge on any atom is -0.339 e. The van der Waals surface area contributed by atoms with Crippen molar-refractivity contribution in [3.05, 3.63) is 35.7 Å². The van der Waals surface area contributed by atoms with Crippen LogP contribution >= 0.6 is 11.8 Å². The van der Waals surface area contributed by atoms with E-state index in [9.17, 15) is 13.2 Å². The molecule has 0 unspecified atom stereocenters. The van der Waals surface area contributed by atoms with Gasteiger partial charge in [0.2, 0.25) is 11.7 Å². The Morgan fingerprint density at radius 2 is 2.08 bits per heavy atom. The van der Waals surface area contributed by atoms with E-state index in [1.54, 1.807) is 6.07 Å². The standard InChI is InChI=1S/C18H24F3N3OS/c1-13(9-11-26-3)24(2)10-5-8-16-22-17(23-25-16)14-6-4-7-15(12-14)18(19,20)21/h4,6-7,12-13H,5,8-11H2,1-3H3/t13-/m1/s1. The van der Waals surface area contributed by atoms with Crippen molar-refractivity contribution in [1.29, 1.82) is 0 Å². The molecule has 0 aliphatic rings. The second-order valence-corrected chi connectivity index (χ2v) is 7.29. The average molecular weight is 387 g/mol. The number of aromatic nitrogens is 2. The van der Waals surface area contributed by atoms with E-state index in [0.29, 0.717) is 23.9 Å². The highest BCUT2D eigenvalue weighted by atomic mass is 32.2. The molecule has 2 aromatic rings. The molecule has 1 aromatic carbocycles. The monoisotopic (exact) mass is 387 g/mol. The van der Waals surface area contributed by atoms with Gasteiger partial charge in [-0.05, 0) is 57.5 Å². The van der Waals surface area contributed by atoms with Crippen LogP contribution in [0.5, 0.6) is 0 Å². The van der Waals surface area contributed by atoms with Crippen LogP contribution in [0.2, 0.25) is 0 Å². The summed E-state index contributed by atoms with van der Waals surface area (Å²) in [5.74, 6) is 1.77. The predicted molar refractivity (Wildman–Crippen MR) is 98.1 cm³/mol. The summed E-state index contributed by atoms with van der Waals surface area (Å²) in [6.07, 6.45) is 0.304. The normalized spacial score (nSPS) is 13.3. The molecule has 0 aliphatic carbocycles. The molecule has 0 saturated carbocycles. The van der Waals surface area contributed by atoms with Crippen LogP contribution in [0.1, 0.15) is 31.2 Å². The van der Waals surface area contributed by atoms with Gasteiger partial charge in [-0.25, -0.2) is 0 Å². The van der Waals surface area contributed by atoms with Gasteiger partial charge in [-0.3, -0.25) is 0 Å². The first-order valence-corrected chi connectivity index (χ1v) is 9.90. The third kappa shape index (κ3) is 6.02. The summed E-state index contributed by atoms with van der Waals surface area (Å²) in [6, 6.07) is 5.46. The minimum absolute atomic E-state index is 0.188. The SMILES string of the molecule is CSCC[C@@H](C)N(C)CCCc1nc(-c2cccc(C(F)(F)F)c2)no1. The molecule has 0 aliphatic heterocycles. The molecule has 0 spiro atoms. The molecule has 0 N–H and O–H groups in total. The van der Waals surface area contributed by atoms with Crippen LogP contribution in [0, 0.1) is 0 Å². The predicted octanol–water partition coefficient (Wildman–Crippen LogP) is 4.76. The smallest absolute Gasteiger partial charge is 0.339 e. The van der Waals surface area contributed by atoms with Gasteiger partial charge in [0, 0.05) is 18.0 Å². The number of thioether (sulfide) groups is 1. The zero-order valence-corrected chi connectivity index (χ0v) is 16.0. The topological polar surface area (TPSA) is 42.2 Å². The first kappa shape index (κ1) is 20.8. The van der Waals surface area contributed by atoms with Crippen LogP contribution in [-0.4, -0.2) is 46.7 Å². The highest BCUT2D eigenvalue weighted by Crippen LogP contribution is 2.31. The largest absolute Gasteiger partial charge is 0.416 e. The Morgan fingerprint density at radius 1 is 1.31 bits per heavy atom. The molecule has 8 heteroatoms. The molecule has 1 heterocycles. The van der Waals surface area contributed by atoms with E-state index in [1.165, 1.54) is 6.07 Å². The number of benzene rings is 1. The molecule has 4 nitrogen and oxygen atoms in total. The maximum atomic E-state index is 12.8. The summed E-state index contributed by atoms with van der Waals surface area (Å²) in [4.78, 5) is 6.52. The van der Waals surface area contributed by atoms with Gasteiger partial charge in [-0.15, -0.1) is 0 Å². The molecule has 1 aromatic heterocycles. The lowest BCUT2D eigenvalue weighted by Gasteiger charge is -2.24. The highest BCUT2D eigenvalue weighted by molar-refractivity contribution is 7.98. The van der Waals surface area contributed by atoms with Gasteiger partial charge in [0.1, 0.15) is 0 Å². The number of alkyl halides is 3. The summed E-state index contributed by atoms with van der Waals surface area (Å²) in [5.41, 5.74) is -0.417. The lowest BCUT2D eigenvalue weighted by atomic mass is 10.1. The van der Waals surface area contributed by atoms with E-state index in [2.05, 4.69) is 35.3 Å². The summed E-state index contributed by atoms with van der Waals surface area (Å²) in [6.45, 7) is 3.10. The fourth-order valence-corrected chi connectivity index (χ4v) is 3.09. The molecular weight excluding hydrogens is 363 g/mol. The number of halogens is 3. The Hall–Kier alpha value is -1.54. The number of hydrogen-bond donors (Lipinski definition) is 0. The zero-order valence-electron chi connectivity index (χ0n) is 15.2. The van der Waals surface area contributed by atoms with Crippen LogP contribution in [0.15, 0.2) is 28.8 Å². The number of aryl methyl sites for hydroxylation is 1.